The van der Waals surface area contributed by atoms with Gasteiger partial charge >= 0.3 is 5.97 Å². The first-order valence-electron chi connectivity index (χ1n) is 5.60. The van der Waals surface area contributed by atoms with Crippen LogP contribution in [0.3, 0.4) is 0 Å². The summed E-state index contributed by atoms with van der Waals surface area (Å²) >= 11 is 5.81. The number of carboxylic acids is 1. The van der Waals surface area contributed by atoms with Gasteiger partial charge in [0, 0.05) is 11.9 Å². The van der Waals surface area contributed by atoms with Gasteiger partial charge in [0.25, 0.3) is 5.91 Å². The molecule has 0 unspecified atom stereocenters. The van der Waals surface area contributed by atoms with Gasteiger partial charge < -0.3 is 10.4 Å². The molecule has 2 N–H and O–H groups in total. The molecule has 0 saturated carbocycles. The number of nitrogens with zero attached hydrogens (tertiary/aromatic N) is 2. The zero-order valence-corrected chi connectivity index (χ0v) is 11.2. The molecule has 0 aliphatic heterocycles. The van der Waals surface area contributed by atoms with Crippen molar-refractivity contribution in [1.82, 2.24) is 9.97 Å². The molecule has 1 amide bonds. The third-order valence-electron chi connectivity index (χ3n) is 2.47. The van der Waals surface area contributed by atoms with Gasteiger partial charge in [-0.25, -0.2) is 9.78 Å². The number of carbonyl (C=O) groups is 2. The van der Waals surface area contributed by atoms with E-state index in [9.17, 15) is 9.59 Å². The summed E-state index contributed by atoms with van der Waals surface area (Å²) in [4.78, 5) is 30.6. The molecule has 2 aromatic rings. The molecule has 1 heterocycles. The van der Waals surface area contributed by atoms with Crippen molar-refractivity contribution in [3.63, 3.8) is 0 Å². The Morgan fingerprint density at radius 2 is 2.00 bits per heavy atom. The monoisotopic (exact) mass is 291 g/mol. The molecule has 0 aliphatic carbocycles. The zero-order chi connectivity index (χ0) is 14.7. The topological polar surface area (TPSA) is 92.2 Å². The SMILES string of the molecule is Cc1cnc(C(=O)Nc2ccc(C(=O)O)c(Cl)c2)cn1. The quantitative estimate of drug-likeness (QED) is 0.906. The van der Waals surface area contributed by atoms with Gasteiger partial charge in [0.05, 0.1) is 22.5 Å². The van der Waals surface area contributed by atoms with E-state index in [0.717, 1.165) is 0 Å². The Bertz CT molecular complexity index is 671. The van der Waals surface area contributed by atoms with E-state index in [-0.39, 0.29) is 16.3 Å². The standard InChI is InChI=1S/C13H10ClN3O3/c1-7-5-16-11(6-15-7)12(18)17-8-2-3-9(13(19)20)10(14)4-8/h2-6H,1H3,(H,17,18)(H,19,20). The minimum absolute atomic E-state index is 0.0280. The van der Waals surface area contributed by atoms with Crippen LogP contribution in [0.1, 0.15) is 26.5 Å². The third kappa shape index (κ3) is 3.10. The Morgan fingerprint density at radius 1 is 1.25 bits per heavy atom. The molecule has 2 rings (SSSR count). The number of aromatic nitrogens is 2. The lowest BCUT2D eigenvalue weighted by atomic mass is 10.2. The summed E-state index contributed by atoms with van der Waals surface area (Å²) in [6.45, 7) is 1.76. The molecular weight excluding hydrogens is 282 g/mol. The van der Waals surface area contributed by atoms with Gasteiger partial charge in [-0.1, -0.05) is 11.6 Å². The van der Waals surface area contributed by atoms with Crippen LogP contribution < -0.4 is 5.32 Å². The minimum Gasteiger partial charge on any atom is -0.478 e. The summed E-state index contributed by atoms with van der Waals surface area (Å²) in [6, 6.07) is 4.14. The number of halogens is 1. The smallest absolute Gasteiger partial charge is 0.337 e. The number of amides is 1. The molecule has 0 bridgehead atoms. The number of nitrogens with one attached hydrogen (secondary N) is 1. The Labute approximate surface area is 119 Å². The van der Waals surface area contributed by atoms with Crippen LogP contribution in [0.15, 0.2) is 30.6 Å². The maximum Gasteiger partial charge on any atom is 0.337 e. The number of aromatic carboxylic acids is 1. The highest BCUT2D eigenvalue weighted by Crippen LogP contribution is 2.21. The second-order valence-corrected chi connectivity index (χ2v) is 4.40. The van der Waals surface area contributed by atoms with E-state index in [0.29, 0.717) is 11.4 Å². The minimum atomic E-state index is -1.13. The van der Waals surface area contributed by atoms with E-state index in [1.54, 1.807) is 6.92 Å². The number of aryl methyl sites for hydroxylation is 1. The number of hydrogen-bond acceptors (Lipinski definition) is 4. The van der Waals surface area contributed by atoms with Crippen LogP contribution in [-0.4, -0.2) is 27.0 Å². The summed E-state index contributed by atoms with van der Waals surface area (Å²) in [5, 5.41) is 11.5. The molecule has 0 atom stereocenters. The van der Waals surface area contributed by atoms with Crippen LogP contribution in [0, 0.1) is 6.92 Å². The van der Waals surface area contributed by atoms with Gasteiger partial charge in [-0.15, -0.1) is 0 Å². The van der Waals surface area contributed by atoms with Gasteiger partial charge in [-0.05, 0) is 25.1 Å². The summed E-state index contributed by atoms with van der Waals surface area (Å²) < 4.78 is 0. The predicted molar refractivity (Wildman–Crippen MR) is 73.1 cm³/mol. The van der Waals surface area contributed by atoms with Crippen LogP contribution >= 0.6 is 11.6 Å². The fraction of sp³-hybridized carbons (Fsp3) is 0.0769. The maximum atomic E-state index is 11.9. The lowest BCUT2D eigenvalue weighted by Crippen LogP contribution is -2.14. The summed E-state index contributed by atoms with van der Waals surface area (Å²) in [7, 11) is 0. The van der Waals surface area contributed by atoms with Gasteiger partial charge in [-0.2, -0.15) is 0 Å². The number of benzene rings is 1. The van der Waals surface area contributed by atoms with Crippen LogP contribution in [0.5, 0.6) is 0 Å². The molecule has 6 nitrogen and oxygen atoms in total. The first-order chi connectivity index (χ1) is 9.47. The van der Waals surface area contributed by atoms with Crippen molar-refractivity contribution < 1.29 is 14.7 Å². The number of rotatable bonds is 3. The van der Waals surface area contributed by atoms with Crippen molar-refractivity contribution in [1.29, 1.82) is 0 Å². The van der Waals surface area contributed by atoms with E-state index in [1.165, 1.54) is 30.6 Å². The molecule has 0 radical (unpaired) electrons. The second kappa shape index (κ2) is 5.66. The highest BCUT2D eigenvalue weighted by atomic mass is 35.5. The summed E-state index contributed by atoms with van der Waals surface area (Å²) in [6.07, 6.45) is 2.84. The van der Waals surface area contributed by atoms with Crippen LogP contribution in [-0.2, 0) is 0 Å². The van der Waals surface area contributed by atoms with Crippen LogP contribution in [0.2, 0.25) is 5.02 Å². The molecule has 1 aromatic heterocycles. The molecule has 0 spiro atoms. The van der Waals surface area contributed by atoms with Gasteiger partial charge in [0.1, 0.15) is 5.69 Å². The molecule has 0 saturated heterocycles. The Morgan fingerprint density at radius 3 is 2.55 bits per heavy atom. The third-order valence-corrected chi connectivity index (χ3v) is 2.78. The zero-order valence-electron chi connectivity index (χ0n) is 10.4. The molecule has 1 aromatic carbocycles. The normalized spacial score (nSPS) is 10.1. The van der Waals surface area contributed by atoms with Crippen molar-refractivity contribution >= 4 is 29.2 Å². The van der Waals surface area contributed by atoms with E-state index in [2.05, 4.69) is 15.3 Å². The molecule has 20 heavy (non-hydrogen) atoms. The number of carboxylic acid groups (broad SMARTS) is 1. The number of anilines is 1. The number of carbonyl (C=O) groups excluding carboxylic acids is 1. The van der Waals surface area contributed by atoms with E-state index in [4.69, 9.17) is 16.7 Å². The van der Waals surface area contributed by atoms with E-state index < -0.39 is 11.9 Å². The van der Waals surface area contributed by atoms with Crippen molar-refractivity contribution in [3.05, 3.63) is 52.6 Å². The predicted octanol–water partition coefficient (Wildman–Crippen LogP) is 2.39. The molecule has 102 valence electrons. The van der Waals surface area contributed by atoms with E-state index >= 15 is 0 Å². The first-order valence-corrected chi connectivity index (χ1v) is 5.98. The van der Waals surface area contributed by atoms with E-state index in [1.807, 2.05) is 0 Å². The lowest BCUT2D eigenvalue weighted by Gasteiger charge is -2.06. The Hall–Kier alpha value is -2.47. The largest absolute Gasteiger partial charge is 0.478 e. The average Bonchev–Trinajstić information content (AvgIpc) is 2.39. The first kappa shape index (κ1) is 14.0. The van der Waals surface area contributed by atoms with Crippen molar-refractivity contribution in [2.45, 2.75) is 6.92 Å². The second-order valence-electron chi connectivity index (χ2n) is 4.00. The molecule has 0 aliphatic rings. The average molecular weight is 292 g/mol. The van der Waals surface area contributed by atoms with Gasteiger partial charge in [0.15, 0.2) is 0 Å². The molecule has 7 heteroatoms. The Balaban J connectivity index is 2.18. The Kier molecular flexibility index (Phi) is 3.95. The maximum absolute atomic E-state index is 11.9. The summed E-state index contributed by atoms with van der Waals surface area (Å²) in [5.41, 5.74) is 1.22. The van der Waals surface area contributed by atoms with Crippen molar-refractivity contribution in [2.75, 3.05) is 5.32 Å². The summed E-state index contributed by atoms with van der Waals surface area (Å²) in [5.74, 6) is -1.58. The molecular formula is C13H10ClN3O3. The van der Waals surface area contributed by atoms with Gasteiger partial charge in [-0.3, -0.25) is 9.78 Å². The van der Waals surface area contributed by atoms with Crippen LogP contribution in [0.4, 0.5) is 5.69 Å². The lowest BCUT2D eigenvalue weighted by molar-refractivity contribution is 0.0697. The highest BCUT2D eigenvalue weighted by Gasteiger charge is 2.12. The van der Waals surface area contributed by atoms with Gasteiger partial charge in [0.2, 0.25) is 0 Å². The van der Waals surface area contributed by atoms with Crippen molar-refractivity contribution in [3.8, 4) is 0 Å². The fourth-order valence-electron chi connectivity index (χ4n) is 1.47. The number of hydrogen-bond donors (Lipinski definition) is 2. The fourth-order valence-corrected chi connectivity index (χ4v) is 1.73. The highest BCUT2D eigenvalue weighted by molar-refractivity contribution is 6.33. The molecule has 0 fully saturated rings. The van der Waals surface area contributed by atoms with Crippen LogP contribution in [0.25, 0.3) is 0 Å². The van der Waals surface area contributed by atoms with Crippen molar-refractivity contribution in [2.24, 2.45) is 0 Å².